The third-order valence-electron chi connectivity index (χ3n) is 9.48. The first-order valence-corrected chi connectivity index (χ1v) is 15.4. The normalized spacial score (nSPS) is 12.4. The second kappa shape index (κ2) is 8.06. The Morgan fingerprint density at radius 1 is 0.405 bits per heavy atom. The van der Waals surface area contributed by atoms with Gasteiger partial charge in [0, 0.05) is 25.9 Å². The van der Waals surface area contributed by atoms with Gasteiger partial charge >= 0.3 is 0 Å². The molecule has 0 unspecified atom stereocenters. The first kappa shape index (κ1) is 22.7. The van der Waals surface area contributed by atoms with Gasteiger partial charge in [0.15, 0.2) is 0 Å². The second-order valence-corrected chi connectivity index (χ2v) is 12.8. The fourth-order valence-electron chi connectivity index (χ4n) is 7.45. The van der Waals surface area contributed by atoms with E-state index in [9.17, 15) is 0 Å². The molecule has 0 atom stereocenters. The Kier molecular flexibility index (Phi) is 4.35. The Labute approximate surface area is 246 Å². The fraction of sp³-hybridized carbons (Fsp3) is 0.0244. The van der Waals surface area contributed by atoms with Crippen LogP contribution in [0.5, 0.6) is 0 Å². The topological polar surface area (TPSA) is 0 Å². The first-order chi connectivity index (χ1) is 20.7. The summed E-state index contributed by atoms with van der Waals surface area (Å²) in [5.41, 5.74) is 5.21. The molecule has 1 heterocycles. The van der Waals surface area contributed by atoms with Gasteiger partial charge in [0.05, 0.1) is 0 Å². The van der Waals surface area contributed by atoms with Crippen molar-refractivity contribution in [3.8, 4) is 21.6 Å². The zero-order chi connectivity index (χ0) is 27.5. The largest absolute Gasteiger partial charge is 0.135 e. The lowest BCUT2D eigenvalue weighted by atomic mass is 9.89. The van der Waals surface area contributed by atoms with E-state index in [0.717, 1.165) is 0 Å². The molecular formula is C41H24S. The zero-order valence-electron chi connectivity index (χ0n) is 23.0. The van der Waals surface area contributed by atoms with Crippen molar-refractivity contribution in [1.29, 1.82) is 0 Å². The number of thiophene rings is 1. The lowest BCUT2D eigenvalue weighted by Crippen LogP contribution is -1.88. The van der Waals surface area contributed by atoms with Crippen molar-refractivity contribution < 1.29 is 0 Å². The van der Waals surface area contributed by atoms with E-state index < -0.39 is 0 Å². The van der Waals surface area contributed by atoms with Crippen molar-refractivity contribution in [1.82, 2.24) is 0 Å². The number of benzene rings is 9. The van der Waals surface area contributed by atoms with E-state index in [1.807, 2.05) is 11.3 Å². The highest BCUT2D eigenvalue weighted by molar-refractivity contribution is 7.23. The van der Waals surface area contributed by atoms with E-state index in [0.29, 0.717) is 0 Å². The van der Waals surface area contributed by atoms with Crippen LogP contribution < -0.4 is 0 Å². The Morgan fingerprint density at radius 2 is 1.02 bits per heavy atom. The van der Waals surface area contributed by atoms with Gasteiger partial charge in [-0.2, -0.15) is 0 Å². The van der Waals surface area contributed by atoms with E-state index in [1.54, 1.807) is 0 Å². The Bertz CT molecular complexity index is 2670. The van der Waals surface area contributed by atoms with Gasteiger partial charge in [0.1, 0.15) is 0 Å². The van der Waals surface area contributed by atoms with Crippen molar-refractivity contribution in [3.63, 3.8) is 0 Å². The van der Waals surface area contributed by atoms with Crippen LogP contribution >= 0.6 is 11.3 Å². The van der Waals surface area contributed by atoms with Crippen LogP contribution in [-0.4, -0.2) is 0 Å². The summed E-state index contributed by atoms with van der Waals surface area (Å²) < 4.78 is 1.36. The van der Waals surface area contributed by atoms with E-state index in [1.165, 1.54) is 102 Å². The minimum Gasteiger partial charge on any atom is -0.135 e. The van der Waals surface area contributed by atoms with Gasteiger partial charge in [-0.3, -0.25) is 0 Å². The van der Waals surface area contributed by atoms with Gasteiger partial charge in [0.25, 0.3) is 0 Å². The number of rotatable bonds is 2. The molecule has 0 N–H and O–H groups in total. The van der Waals surface area contributed by atoms with Crippen LogP contribution in [-0.2, 0) is 0 Å². The first-order valence-electron chi connectivity index (χ1n) is 14.6. The predicted octanol–water partition coefficient (Wildman–Crippen LogP) is 12.3. The zero-order valence-corrected chi connectivity index (χ0v) is 23.8. The number of aryl methyl sites for hydroxylation is 1. The molecule has 9 aromatic carbocycles. The molecule has 0 fully saturated rings. The molecule has 0 nitrogen and oxygen atoms in total. The summed E-state index contributed by atoms with van der Waals surface area (Å²) in [5, 5.41) is 17.4. The number of hydrogen-bond acceptors (Lipinski definition) is 1. The summed E-state index contributed by atoms with van der Waals surface area (Å²) in [7, 11) is 0. The minimum absolute atomic E-state index is 1.26. The van der Waals surface area contributed by atoms with Crippen LogP contribution in [0.25, 0.3) is 96.3 Å². The van der Waals surface area contributed by atoms with Crippen molar-refractivity contribution in [2.24, 2.45) is 0 Å². The summed E-state index contributed by atoms with van der Waals surface area (Å²) >= 11 is 1.93. The lowest BCUT2D eigenvalue weighted by molar-refractivity contribution is 1.55. The molecule has 0 amide bonds. The summed E-state index contributed by atoms with van der Waals surface area (Å²) in [5.74, 6) is 0. The van der Waals surface area contributed by atoms with E-state index in [-0.39, 0.29) is 0 Å². The summed E-state index contributed by atoms with van der Waals surface area (Å²) in [6, 6.07) is 48.0. The highest BCUT2D eigenvalue weighted by atomic mass is 32.1. The fourth-order valence-corrected chi connectivity index (χ4v) is 8.69. The molecule has 0 radical (unpaired) electrons. The molecule has 0 aliphatic rings. The third kappa shape index (κ3) is 2.96. The van der Waals surface area contributed by atoms with Crippen molar-refractivity contribution in [2.45, 2.75) is 6.92 Å². The molecule has 42 heavy (non-hydrogen) atoms. The molecule has 0 saturated heterocycles. The van der Waals surface area contributed by atoms with Gasteiger partial charge in [-0.15, -0.1) is 11.3 Å². The Hall–Kier alpha value is -4.98. The molecule has 0 aliphatic carbocycles. The van der Waals surface area contributed by atoms with Crippen LogP contribution in [0, 0.1) is 6.92 Å². The van der Waals surface area contributed by atoms with Crippen LogP contribution in [0.1, 0.15) is 5.56 Å². The molecule has 0 bridgehead atoms. The van der Waals surface area contributed by atoms with E-state index >= 15 is 0 Å². The van der Waals surface area contributed by atoms with Crippen molar-refractivity contribution in [2.75, 3.05) is 0 Å². The Morgan fingerprint density at radius 3 is 1.88 bits per heavy atom. The summed E-state index contributed by atoms with van der Waals surface area (Å²) in [6.07, 6.45) is 0. The second-order valence-electron chi connectivity index (χ2n) is 11.8. The van der Waals surface area contributed by atoms with Crippen LogP contribution in [0.2, 0.25) is 0 Å². The monoisotopic (exact) mass is 548 g/mol. The van der Waals surface area contributed by atoms with Crippen LogP contribution in [0.15, 0.2) is 127 Å². The maximum atomic E-state index is 2.38. The van der Waals surface area contributed by atoms with Crippen LogP contribution in [0.3, 0.4) is 0 Å². The summed E-state index contributed by atoms with van der Waals surface area (Å²) in [6.45, 7) is 2.22. The maximum Gasteiger partial charge on any atom is 0.0434 e. The SMILES string of the molecule is Cc1ccc2ccc3c(-c4sc5ccc6cc(-c7ccc8ccccc8c7)cc7ccc4c5c67)ccc4ccc1c2c43. The minimum atomic E-state index is 1.26. The van der Waals surface area contributed by atoms with Gasteiger partial charge in [-0.25, -0.2) is 0 Å². The smallest absolute Gasteiger partial charge is 0.0434 e. The molecule has 1 aromatic heterocycles. The summed E-state index contributed by atoms with van der Waals surface area (Å²) in [4.78, 5) is 1.37. The van der Waals surface area contributed by atoms with Crippen molar-refractivity contribution in [3.05, 3.63) is 133 Å². The third-order valence-corrected chi connectivity index (χ3v) is 10.7. The molecule has 10 rings (SSSR count). The molecule has 0 spiro atoms. The van der Waals surface area contributed by atoms with Gasteiger partial charge in [-0.05, 0) is 107 Å². The Balaban J connectivity index is 1.22. The van der Waals surface area contributed by atoms with Gasteiger partial charge < -0.3 is 0 Å². The highest BCUT2D eigenvalue weighted by Gasteiger charge is 2.19. The lowest BCUT2D eigenvalue weighted by Gasteiger charge is -2.15. The van der Waals surface area contributed by atoms with Gasteiger partial charge in [0.2, 0.25) is 0 Å². The average Bonchev–Trinajstić information content (AvgIpc) is 3.42. The average molecular weight is 549 g/mol. The quantitative estimate of drug-likeness (QED) is 0.188. The highest BCUT2D eigenvalue weighted by Crippen LogP contribution is 2.49. The maximum absolute atomic E-state index is 2.38. The van der Waals surface area contributed by atoms with E-state index in [2.05, 4.69) is 134 Å². The molecule has 10 aromatic rings. The molecular weight excluding hydrogens is 525 g/mol. The standard InChI is InChI=1S/C41H24S/c1-23-6-7-25-11-16-33-34(17-12-26-10-15-32(23)38(25)39(26)33)41-35-18-13-29-21-31(22-30-14-19-36(42-41)40(35)37(29)30)28-9-8-24-4-2-3-5-27(24)20-28/h2-22H,1H3. The van der Waals surface area contributed by atoms with Crippen LogP contribution in [0.4, 0.5) is 0 Å². The van der Waals surface area contributed by atoms with E-state index in [4.69, 9.17) is 0 Å². The number of hydrogen-bond donors (Lipinski definition) is 0. The molecule has 1 heteroatoms. The molecule has 194 valence electrons. The van der Waals surface area contributed by atoms with Crippen molar-refractivity contribution >= 4 is 86.1 Å². The van der Waals surface area contributed by atoms with Gasteiger partial charge in [-0.1, -0.05) is 103 Å². The molecule has 0 saturated carbocycles. The predicted molar refractivity (Wildman–Crippen MR) is 185 cm³/mol. The number of fused-ring (bicyclic) bond motifs is 1. The molecule has 0 aliphatic heterocycles.